The minimum absolute atomic E-state index is 0.0749. The molecule has 132 valence electrons. The van der Waals surface area contributed by atoms with E-state index in [1.165, 1.54) is 5.56 Å². The lowest BCUT2D eigenvalue weighted by molar-refractivity contribution is -0.116. The molecule has 0 heterocycles. The summed E-state index contributed by atoms with van der Waals surface area (Å²) in [5.41, 5.74) is 2.43. The molecule has 0 unspecified atom stereocenters. The minimum atomic E-state index is -0.284. The normalized spacial score (nSPS) is 11.0. The summed E-state index contributed by atoms with van der Waals surface area (Å²) in [6, 6.07) is 14.6. The first-order valence-electron chi connectivity index (χ1n) is 8.20. The van der Waals surface area contributed by atoms with Crippen molar-refractivity contribution < 1.29 is 9.59 Å². The Kier molecular flexibility index (Phi) is 6.21. The third-order valence-electron chi connectivity index (χ3n) is 3.79. The van der Waals surface area contributed by atoms with E-state index in [-0.39, 0.29) is 30.2 Å². The van der Waals surface area contributed by atoms with Gasteiger partial charge in [-0.25, -0.2) is 0 Å². The van der Waals surface area contributed by atoms with Crippen LogP contribution in [-0.4, -0.2) is 18.4 Å². The monoisotopic (exact) mass is 358 g/mol. The number of halogens is 1. The summed E-state index contributed by atoms with van der Waals surface area (Å²) in [6.07, 6.45) is 0.192. The van der Waals surface area contributed by atoms with Crippen LogP contribution < -0.4 is 10.6 Å². The molecular formula is C20H23ClN2O2. The highest BCUT2D eigenvalue weighted by Gasteiger charge is 2.13. The first-order valence-corrected chi connectivity index (χ1v) is 8.58. The fraction of sp³-hybridized carbons (Fsp3) is 0.300. The topological polar surface area (TPSA) is 58.2 Å². The predicted molar refractivity (Wildman–Crippen MR) is 102 cm³/mol. The molecule has 0 aliphatic rings. The van der Waals surface area contributed by atoms with Gasteiger partial charge in [-0.2, -0.15) is 0 Å². The number of hydrogen-bond acceptors (Lipinski definition) is 2. The molecule has 2 aromatic carbocycles. The maximum absolute atomic E-state index is 12.0. The summed E-state index contributed by atoms with van der Waals surface area (Å²) in [5, 5.41) is 5.92. The van der Waals surface area contributed by atoms with Gasteiger partial charge >= 0.3 is 0 Å². The third-order valence-corrected chi connectivity index (χ3v) is 4.12. The van der Waals surface area contributed by atoms with Crippen molar-refractivity contribution in [1.82, 2.24) is 5.32 Å². The Morgan fingerprint density at radius 3 is 2.24 bits per heavy atom. The second kappa shape index (κ2) is 8.17. The zero-order chi connectivity index (χ0) is 18.4. The van der Waals surface area contributed by atoms with Crippen molar-refractivity contribution in [2.45, 2.75) is 32.6 Å². The van der Waals surface area contributed by atoms with Crippen molar-refractivity contribution in [3.8, 4) is 0 Å². The summed E-state index contributed by atoms with van der Waals surface area (Å²) >= 11 is 5.97. The Morgan fingerprint density at radius 2 is 1.64 bits per heavy atom. The smallest absolute Gasteiger partial charge is 0.252 e. The third kappa shape index (κ3) is 5.61. The number of benzene rings is 2. The maximum atomic E-state index is 12.0. The fourth-order valence-electron chi connectivity index (χ4n) is 2.31. The number of hydrogen-bond donors (Lipinski definition) is 2. The van der Waals surface area contributed by atoms with Crippen LogP contribution in [0.2, 0.25) is 5.02 Å². The molecular weight excluding hydrogens is 336 g/mol. The van der Waals surface area contributed by atoms with E-state index in [2.05, 4.69) is 31.4 Å². The van der Waals surface area contributed by atoms with Gasteiger partial charge in [0.05, 0.1) is 10.6 Å². The molecule has 2 N–H and O–H groups in total. The molecule has 5 heteroatoms. The van der Waals surface area contributed by atoms with Gasteiger partial charge in [0, 0.05) is 18.7 Å². The summed E-state index contributed by atoms with van der Waals surface area (Å²) in [5.74, 6) is -0.434. The first-order chi connectivity index (χ1) is 11.8. The lowest BCUT2D eigenvalue weighted by Crippen LogP contribution is -2.27. The van der Waals surface area contributed by atoms with Crippen molar-refractivity contribution in [3.63, 3.8) is 0 Å². The van der Waals surface area contributed by atoms with Gasteiger partial charge in [-0.05, 0) is 35.2 Å². The average molecular weight is 359 g/mol. The Balaban J connectivity index is 1.81. The van der Waals surface area contributed by atoms with Crippen LogP contribution in [0.15, 0.2) is 48.5 Å². The van der Waals surface area contributed by atoms with Crippen molar-refractivity contribution in [3.05, 3.63) is 64.7 Å². The molecule has 0 bridgehead atoms. The first kappa shape index (κ1) is 19.0. The molecule has 0 aliphatic heterocycles. The highest BCUT2D eigenvalue weighted by Crippen LogP contribution is 2.23. The molecule has 2 amide bonds. The Morgan fingerprint density at radius 1 is 1.00 bits per heavy atom. The van der Waals surface area contributed by atoms with Crippen LogP contribution >= 0.6 is 11.6 Å². The van der Waals surface area contributed by atoms with E-state index in [4.69, 9.17) is 11.6 Å². The predicted octanol–water partition coefficient (Wildman–Crippen LogP) is 4.40. The Labute approximate surface area is 153 Å². The van der Waals surface area contributed by atoms with Crippen molar-refractivity contribution in [1.29, 1.82) is 0 Å². The van der Waals surface area contributed by atoms with Gasteiger partial charge < -0.3 is 10.6 Å². The van der Waals surface area contributed by atoms with E-state index >= 15 is 0 Å². The molecule has 0 aromatic heterocycles. The average Bonchev–Trinajstić information content (AvgIpc) is 2.54. The SMILES string of the molecule is CC(C)(C)c1ccc(NC(=O)CCNC(=O)c2ccccc2Cl)cc1. The zero-order valence-electron chi connectivity index (χ0n) is 14.7. The van der Waals surface area contributed by atoms with E-state index in [0.29, 0.717) is 10.6 Å². The lowest BCUT2D eigenvalue weighted by Gasteiger charge is -2.19. The summed E-state index contributed by atoms with van der Waals surface area (Å²) in [6.45, 7) is 6.67. The number of carbonyl (C=O) groups excluding carboxylic acids is 2. The quantitative estimate of drug-likeness (QED) is 0.832. The minimum Gasteiger partial charge on any atom is -0.351 e. The molecule has 0 saturated heterocycles. The second-order valence-corrected chi connectivity index (χ2v) is 7.27. The van der Waals surface area contributed by atoms with Crippen molar-refractivity contribution in [2.75, 3.05) is 11.9 Å². The van der Waals surface area contributed by atoms with Gasteiger partial charge in [-0.3, -0.25) is 9.59 Å². The molecule has 0 atom stereocenters. The van der Waals surface area contributed by atoms with Gasteiger partial charge in [-0.15, -0.1) is 0 Å². The molecule has 0 spiro atoms. The van der Waals surface area contributed by atoms with Crippen molar-refractivity contribution >= 4 is 29.1 Å². The highest BCUT2D eigenvalue weighted by molar-refractivity contribution is 6.33. The summed E-state index contributed by atoms with van der Waals surface area (Å²) < 4.78 is 0. The van der Waals surface area contributed by atoms with Gasteiger partial charge in [0.25, 0.3) is 5.91 Å². The van der Waals surface area contributed by atoms with Gasteiger partial charge in [-0.1, -0.05) is 56.6 Å². The largest absolute Gasteiger partial charge is 0.351 e. The Hall–Kier alpha value is -2.33. The van der Waals surface area contributed by atoms with Gasteiger partial charge in [0.15, 0.2) is 0 Å². The zero-order valence-corrected chi connectivity index (χ0v) is 15.5. The lowest BCUT2D eigenvalue weighted by atomic mass is 9.87. The van der Waals surface area contributed by atoms with Crippen LogP contribution in [0.25, 0.3) is 0 Å². The van der Waals surface area contributed by atoms with E-state index in [1.54, 1.807) is 24.3 Å². The van der Waals surface area contributed by atoms with Crippen LogP contribution in [0.5, 0.6) is 0 Å². The van der Waals surface area contributed by atoms with Crippen LogP contribution in [0.3, 0.4) is 0 Å². The fourth-order valence-corrected chi connectivity index (χ4v) is 2.53. The Bertz CT molecular complexity index is 749. The molecule has 25 heavy (non-hydrogen) atoms. The van der Waals surface area contributed by atoms with E-state index in [1.807, 2.05) is 24.3 Å². The van der Waals surface area contributed by atoms with E-state index < -0.39 is 0 Å². The molecule has 2 rings (SSSR count). The molecule has 4 nitrogen and oxygen atoms in total. The standard InChI is InChI=1S/C20H23ClN2O2/c1-20(2,3)14-8-10-15(11-9-14)23-18(24)12-13-22-19(25)16-6-4-5-7-17(16)21/h4-11H,12-13H2,1-3H3,(H,22,25)(H,23,24). The summed E-state index contributed by atoms with van der Waals surface area (Å²) in [7, 11) is 0. The number of carbonyl (C=O) groups is 2. The van der Waals surface area contributed by atoms with Crippen LogP contribution in [-0.2, 0) is 10.2 Å². The van der Waals surface area contributed by atoms with E-state index in [0.717, 1.165) is 5.69 Å². The van der Waals surface area contributed by atoms with Crippen LogP contribution in [0.1, 0.15) is 43.1 Å². The molecule has 0 radical (unpaired) electrons. The molecule has 0 saturated carbocycles. The summed E-state index contributed by atoms with van der Waals surface area (Å²) in [4.78, 5) is 24.0. The number of nitrogens with one attached hydrogen (secondary N) is 2. The number of amides is 2. The van der Waals surface area contributed by atoms with Crippen LogP contribution in [0, 0.1) is 0 Å². The van der Waals surface area contributed by atoms with Crippen molar-refractivity contribution in [2.24, 2.45) is 0 Å². The maximum Gasteiger partial charge on any atom is 0.252 e. The second-order valence-electron chi connectivity index (χ2n) is 6.86. The number of rotatable bonds is 5. The molecule has 2 aromatic rings. The number of anilines is 1. The van der Waals surface area contributed by atoms with Gasteiger partial charge in [0.1, 0.15) is 0 Å². The molecule has 0 fully saturated rings. The molecule has 0 aliphatic carbocycles. The van der Waals surface area contributed by atoms with E-state index in [9.17, 15) is 9.59 Å². The van der Waals surface area contributed by atoms with Gasteiger partial charge in [0.2, 0.25) is 5.91 Å². The van der Waals surface area contributed by atoms with Crippen LogP contribution in [0.4, 0.5) is 5.69 Å². The highest BCUT2D eigenvalue weighted by atomic mass is 35.5.